The number of allylic oxidation sites excluding steroid dienone is 1. The first-order valence-electron chi connectivity index (χ1n) is 3.72. The molecule has 1 rings (SSSR count). The van der Waals surface area contributed by atoms with Gasteiger partial charge in [0.1, 0.15) is 6.07 Å². The van der Waals surface area contributed by atoms with Crippen LogP contribution in [0.3, 0.4) is 0 Å². The first-order valence-corrected chi connectivity index (χ1v) is 3.72. The van der Waals surface area contributed by atoms with E-state index < -0.39 is 40.2 Å². The Hall–Kier alpha value is -2.10. The molecule has 0 spiro atoms. The second-order valence-electron chi connectivity index (χ2n) is 2.60. The lowest BCUT2D eigenvalue weighted by Crippen LogP contribution is -2.06. The van der Waals surface area contributed by atoms with Crippen LogP contribution in [-0.4, -0.2) is 5.11 Å². The number of benzene rings is 1. The SMILES string of the molecule is N#C/C(=C\O)c1c(F)c(F)c(F)c(F)c1F. The summed E-state index contributed by atoms with van der Waals surface area (Å²) in [4.78, 5) is 0. The quantitative estimate of drug-likeness (QED) is 0.267. The van der Waals surface area contributed by atoms with Crippen molar-refractivity contribution < 1.29 is 27.1 Å². The Labute approximate surface area is 85.9 Å². The Morgan fingerprint density at radius 3 is 1.62 bits per heavy atom. The zero-order valence-corrected chi connectivity index (χ0v) is 7.36. The molecule has 0 fully saturated rings. The smallest absolute Gasteiger partial charge is 0.200 e. The minimum absolute atomic E-state index is 0.0434. The number of halogens is 5. The molecule has 0 aliphatic rings. The van der Waals surface area contributed by atoms with Crippen LogP contribution >= 0.6 is 0 Å². The van der Waals surface area contributed by atoms with Gasteiger partial charge < -0.3 is 5.11 Å². The largest absolute Gasteiger partial charge is 0.514 e. The predicted molar refractivity (Wildman–Crippen MR) is 42.5 cm³/mol. The third-order valence-corrected chi connectivity index (χ3v) is 1.73. The molecule has 0 radical (unpaired) electrons. The van der Waals surface area contributed by atoms with Gasteiger partial charge in [0, 0.05) is 0 Å². The van der Waals surface area contributed by atoms with Crippen molar-refractivity contribution in [3.05, 3.63) is 40.9 Å². The van der Waals surface area contributed by atoms with E-state index in [1.807, 2.05) is 0 Å². The molecule has 1 aromatic carbocycles. The highest BCUT2D eigenvalue weighted by atomic mass is 19.2. The summed E-state index contributed by atoms with van der Waals surface area (Å²) < 4.78 is 63.9. The van der Waals surface area contributed by atoms with Crippen LogP contribution in [0.5, 0.6) is 0 Å². The van der Waals surface area contributed by atoms with E-state index in [9.17, 15) is 22.0 Å². The van der Waals surface area contributed by atoms with Crippen LogP contribution in [0, 0.1) is 40.4 Å². The van der Waals surface area contributed by atoms with Crippen LogP contribution in [0.2, 0.25) is 0 Å². The van der Waals surface area contributed by atoms with Crippen molar-refractivity contribution in [1.82, 2.24) is 0 Å². The van der Waals surface area contributed by atoms with E-state index in [4.69, 9.17) is 10.4 Å². The fourth-order valence-corrected chi connectivity index (χ4v) is 0.991. The first-order chi connectivity index (χ1) is 7.45. The average Bonchev–Trinajstić information content (AvgIpc) is 2.29. The standard InChI is InChI=1S/C9H2F5NO/c10-5-4(3(1-15)2-16)6(11)8(13)9(14)7(5)12/h2,16H/b3-2+. The highest BCUT2D eigenvalue weighted by Crippen LogP contribution is 2.27. The molecule has 0 amide bonds. The van der Waals surface area contributed by atoms with Gasteiger partial charge >= 0.3 is 0 Å². The Bertz CT molecular complexity index is 489. The monoisotopic (exact) mass is 235 g/mol. The molecule has 0 bridgehead atoms. The zero-order valence-electron chi connectivity index (χ0n) is 7.36. The predicted octanol–water partition coefficient (Wildman–Crippen LogP) is 2.80. The number of hydrogen-bond acceptors (Lipinski definition) is 2. The molecule has 0 aliphatic heterocycles. The van der Waals surface area contributed by atoms with Gasteiger partial charge in [-0.15, -0.1) is 0 Å². The normalized spacial score (nSPS) is 11.4. The van der Waals surface area contributed by atoms with Crippen molar-refractivity contribution in [3.63, 3.8) is 0 Å². The Balaban J connectivity index is 3.73. The van der Waals surface area contributed by atoms with E-state index in [2.05, 4.69) is 0 Å². The van der Waals surface area contributed by atoms with E-state index in [0.717, 1.165) is 6.07 Å². The summed E-state index contributed by atoms with van der Waals surface area (Å²) in [6.45, 7) is 0. The summed E-state index contributed by atoms with van der Waals surface area (Å²) in [6.07, 6.45) is -0.0434. The molecular formula is C9H2F5NO. The summed E-state index contributed by atoms with van der Waals surface area (Å²) in [5.41, 5.74) is -2.52. The maximum atomic E-state index is 13.0. The molecule has 0 aliphatic carbocycles. The topological polar surface area (TPSA) is 44.0 Å². The molecule has 1 aromatic rings. The van der Waals surface area contributed by atoms with Crippen LogP contribution in [0.15, 0.2) is 6.26 Å². The second kappa shape index (κ2) is 4.18. The van der Waals surface area contributed by atoms with Gasteiger partial charge in [0.25, 0.3) is 0 Å². The molecule has 7 heteroatoms. The molecule has 1 N–H and O–H groups in total. The van der Waals surface area contributed by atoms with E-state index in [1.54, 1.807) is 0 Å². The molecule has 16 heavy (non-hydrogen) atoms. The minimum atomic E-state index is -2.33. The van der Waals surface area contributed by atoms with Gasteiger partial charge in [-0.2, -0.15) is 5.26 Å². The van der Waals surface area contributed by atoms with Crippen molar-refractivity contribution >= 4 is 5.57 Å². The maximum Gasteiger partial charge on any atom is 0.200 e. The highest BCUT2D eigenvalue weighted by molar-refractivity contribution is 5.76. The Morgan fingerprint density at radius 2 is 1.31 bits per heavy atom. The average molecular weight is 235 g/mol. The van der Waals surface area contributed by atoms with Gasteiger partial charge in [-0.05, 0) is 0 Å². The van der Waals surface area contributed by atoms with E-state index in [0.29, 0.717) is 0 Å². The van der Waals surface area contributed by atoms with Crippen molar-refractivity contribution in [2.75, 3.05) is 0 Å². The van der Waals surface area contributed by atoms with E-state index >= 15 is 0 Å². The van der Waals surface area contributed by atoms with E-state index in [-0.39, 0.29) is 6.26 Å². The number of aliphatic hydroxyl groups excluding tert-OH is 1. The van der Waals surface area contributed by atoms with Crippen LogP contribution in [0.4, 0.5) is 22.0 Å². The Morgan fingerprint density at radius 1 is 0.938 bits per heavy atom. The summed E-state index contributed by atoms with van der Waals surface area (Å²) in [7, 11) is 0. The third-order valence-electron chi connectivity index (χ3n) is 1.73. The molecule has 2 nitrogen and oxygen atoms in total. The fraction of sp³-hybridized carbons (Fsp3) is 0. The second-order valence-corrected chi connectivity index (χ2v) is 2.60. The van der Waals surface area contributed by atoms with Crippen molar-refractivity contribution in [2.45, 2.75) is 0 Å². The van der Waals surface area contributed by atoms with Gasteiger partial charge in [-0.25, -0.2) is 22.0 Å². The lowest BCUT2D eigenvalue weighted by Gasteiger charge is -2.05. The summed E-state index contributed by atoms with van der Waals surface area (Å²) in [6, 6.07) is 1.10. The number of hydrogen-bond donors (Lipinski definition) is 1. The van der Waals surface area contributed by atoms with Crippen LogP contribution in [-0.2, 0) is 0 Å². The van der Waals surface area contributed by atoms with Gasteiger partial charge in [0.15, 0.2) is 23.3 Å². The maximum absolute atomic E-state index is 13.0. The van der Waals surface area contributed by atoms with Gasteiger partial charge in [0.2, 0.25) is 5.82 Å². The van der Waals surface area contributed by atoms with Crippen LogP contribution < -0.4 is 0 Å². The van der Waals surface area contributed by atoms with Crippen LogP contribution in [0.1, 0.15) is 5.56 Å². The van der Waals surface area contributed by atoms with E-state index in [1.165, 1.54) is 0 Å². The van der Waals surface area contributed by atoms with Crippen molar-refractivity contribution in [2.24, 2.45) is 0 Å². The number of nitrogens with zero attached hydrogens (tertiary/aromatic N) is 1. The molecule has 0 atom stereocenters. The van der Waals surface area contributed by atoms with Crippen molar-refractivity contribution in [3.8, 4) is 6.07 Å². The molecule has 0 saturated heterocycles. The van der Waals surface area contributed by atoms with Gasteiger partial charge in [-0.1, -0.05) is 0 Å². The summed E-state index contributed by atoms with van der Waals surface area (Å²) in [5, 5.41) is 16.8. The van der Waals surface area contributed by atoms with Crippen LogP contribution in [0.25, 0.3) is 5.57 Å². The minimum Gasteiger partial charge on any atom is -0.514 e. The van der Waals surface area contributed by atoms with Gasteiger partial charge in [-0.3, -0.25) is 0 Å². The highest BCUT2D eigenvalue weighted by Gasteiger charge is 2.27. The first kappa shape index (κ1) is 12.0. The molecule has 0 heterocycles. The molecule has 0 aromatic heterocycles. The number of aliphatic hydroxyl groups is 1. The fourth-order valence-electron chi connectivity index (χ4n) is 0.991. The zero-order chi connectivity index (χ0) is 12.5. The molecule has 0 unspecified atom stereocenters. The molecule has 0 saturated carbocycles. The molecule has 84 valence electrons. The number of nitriles is 1. The lowest BCUT2D eigenvalue weighted by atomic mass is 10.1. The summed E-state index contributed by atoms with van der Waals surface area (Å²) >= 11 is 0. The van der Waals surface area contributed by atoms with Crippen molar-refractivity contribution in [1.29, 1.82) is 5.26 Å². The van der Waals surface area contributed by atoms with Gasteiger partial charge in [0.05, 0.1) is 17.4 Å². The number of rotatable bonds is 1. The summed E-state index contributed by atoms with van der Waals surface area (Å²) in [5.74, 6) is -11.0. The lowest BCUT2D eigenvalue weighted by molar-refractivity contribution is 0.376. The molecular weight excluding hydrogens is 233 g/mol. The Kier molecular flexibility index (Phi) is 3.13. The third kappa shape index (κ3) is 1.58.